The Morgan fingerprint density at radius 2 is 2.04 bits per heavy atom. The van der Waals surface area contributed by atoms with Crippen LogP contribution < -0.4 is 10.2 Å². The lowest BCUT2D eigenvalue weighted by Crippen LogP contribution is -2.32. The first-order chi connectivity index (χ1) is 12.8. The zero-order valence-electron chi connectivity index (χ0n) is 18.0. The van der Waals surface area contributed by atoms with Crippen LogP contribution in [-0.4, -0.2) is 19.0 Å². The van der Waals surface area contributed by atoms with Crippen LogP contribution in [0.1, 0.15) is 84.3 Å². The standard InChI is InChI=1S/C23H38BBrO2/c1-6-12-23(4,14-17-8-7-9-17)15-27-20-11-10-18(25)21(22(20)24-5)19(26)13-16(2)3/h10-11,16-17,19,24,26H,6-9,12-15H2,1-5H3/t19?,23-/m0/s1. The zero-order chi connectivity index (χ0) is 20.0. The molecule has 2 nitrogen and oxygen atoms in total. The van der Waals surface area contributed by atoms with Crippen LogP contribution in [0.2, 0.25) is 6.82 Å². The summed E-state index contributed by atoms with van der Waals surface area (Å²) in [7, 11) is 0.867. The summed E-state index contributed by atoms with van der Waals surface area (Å²) in [6, 6.07) is 4.11. The average molecular weight is 437 g/mol. The molecular weight excluding hydrogens is 399 g/mol. The first-order valence-electron chi connectivity index (χ1n) is 10.9. The predicted octanol–water partition coefficient (Wildman–Crippen LogP) is 6.01. The molecule has 1 aliphatic rings. The second-order valence-corrected chi connectivity index (χ2v) is 10.1. The van der Waals surface area contributed by atoms with Crippen LogP contribution in [0.4, 0.5) is 0 Å². The number of hydrogen-bond donors (Lipinski definition) is 1. The Labute approximate surface area is 175 Å². The van der Waals surface area contributed by atoms with Crippen LogP contribution in [0.5, 0.6) is 5.75 Å². The Morgan fingerprint density at radius 1 is 1.33 bits per heavy atom. The molecule has 0 heterocycles. The van der Waals surface area contributed by atoms with Crippen LogP contribution in [0.15, 0.2) is 16.6 Å². The number of aliphatic hydroxyl groups excluding tert-OH is 1. The molecule has 0 radical (unpaired) electrons. The molecule has 1 aromatic carbocycles. The molecule has 1 aromatic rings. The van der Waals surface area contributed by atoms with E-state index in [-0.39, 0.29) is 5.41 Å². The van der Waals surface area contributed by atoms with E-state index in [0.29, 0.717) is 5.92 Å². The lowest BCUT2D eigenvalue weighted by molar-refractivity contribution is 0.0958. The molecular formula is C23H38BBrO2. The molecule has 0 bridgehead atoms. The van der Waals surface area contributed by atoms with Gasteiger partial charge in [-0.25, -0.2) is 0 Å². The van der Waals surface area contributed by atoms with Gasteiger partial charge in [-0.2, -0.15) is 0 Å². The smallest absolute Gasteiger partial charge is 0.160 e. The monoisotopic (exact) mass is 436 g/mol. The lowest BCUT2D eigenvalue weighted by Gasteiger charge is -2.37. The molecule has 0 saturated heterocycles. The van der Waals surface area contributed by atoms with Crippen molar-refractivity contribution >= 4 is 28.7 Å². The highest BCUT2D eigenvalue weighted by Gasteiger charge is 2.31. The topological polar surface area (TPSA) is 29.5 Å². The van der Waals surface area contributed by atoms with Crippen molar-refractivity contribution in [3.63, 3.8) is 0 Å². The minimum atomic E-state index is -0.449. The Morgan fingerprint density at radius 3 is 2.56 bits per heavy atom. The first kappa shape index (κ1) is 22.8. The average Bonchev–Trinajstić information content (AvgIpc) is 2.56. The third kappa shape index (κ3) is 6.25. The summed E-state index contributed by atoms with van der Waals surface area (Å²) in [5, 5.41) is 10.8. The van der Waals surface area contributed by atoms with E-state index in [1.54, 1.807) is 0 Å². The van der Waals surface area contributed by atoms with Crippen molar-refractivity contribution in [2.24, 2.45) is 17.3 Å². The minimum Gasteiger partial charge on any atom is -0.494 e. The van der Waals surface area contributed by atoms with Gasteiger partial charge in [0.2, 0.25) is 0 Å². The normalized spacial score (nSPS) is 18.1. The molecule has 2 atom stereocenters. The van der Waals surface area contributed by atoms with Crippen molar-refractivity contribution in [3.8, 4) is 5.75 Å². The predicted molar refractivity (Wildman–Crippen MR) is 122 cm³/mol. The fourth-order valence-corrected chi connectivity index (χ4v) is 5.16. The number of aliphatic hydroxyl groups is 1. The Bertz CT molecular complexity index is 600. The van der Waals surface area contributed by atoms with Crippen molar-refractivity contribution in [2.75, 3.05) is 6.61 Å². The Hall–Kier alpha value is -0.475. The van der Waals surface area contributed by atoms with Crippen molar-refractivity contribution in [3.05, 3.63) is 22.2 Å². The molecule has 0 amide bonds. The summed E-state index contributed by atoms with van der Waals surface area (Å²) in [5.74, 6) is 2.30. The third-order valence-corrected chi connectivity index (χ3v) is 6.77. The van der Waals surface area contributed by atoms with Crippen LogP contribution in [0.25, 0.3) is 0 Å². The first-order valence-corrected chi connectivity index (χ1v) is 11.7. The maximum absolute atomic E-state index is 10.8. The quantitative estimate of drug-likeness (QED) is 0.430. The number of hydrogen-bond acceptors (Lipinski definition) is 2. The van der Waals surface area contributed by atoms with E-state index in [1.807, 2.05) is 6.07 Å². The van der Waals surface area contributed by atoms with Crippen molar-refractivity contribution in [1.82, 2.24) is 0 Å². The van der Waals surface area contributed by atoms with E-state index >= 15 is 0 Å². The summed E-state index contributed by atoms with van der Waals surface area (Å²) in [5.41, 5.74) is 2.41. The largest absolute Gasteiger partial charge is 0.494 e. The molecule has 4 heteroatoms. The molecule has 152 valence electrons. The molecule has 1 saturated carbocycles. The molecule has 1 unspecified atom stereocenters. The van der Waals surface area contributed by atoms with Crippen molar-refractivity contribution in [1.29, 1.82) is 0 Å². The number of halogens is 1. The SMILES string of the molecule is CBc1c(OC[C@@](C)(CCC)CC2CCC2)ccc(Br)c1C(O)CC(C)C. The molecule has 0 spiro atoms. The van der Waals surface area contributed by atoms with Gasteiger partial charge >= 0.3 is 0 Å². The minimum absolute atomic E-state index is 0.245. The van der Waals surface area contributed by atoms with Gasteiger partial charge in [0.15, 0.2) is 7.28 Å². The number of benzene rings is 1. The maximum Gasteiger partial charge on any atom is 0.160 e. The Balaban J connectivity index is 2.18. The van der Waals surface area contributed by atoms with E-state index in [1.165, 1.54) is 38.5 Å². The van der Waals surface area contributed by atoms with Gasteiger partial charge < -0.3 is 9.84 Å². The van der Waals surface area contributed by atoms with Gasteiger partial charge in [-0.15, -0.1) is 0 Å². The number of ether oxygens (including phenoxy) is 1. The van der Waals surface area contributed by atoms with Crippen LogP contribution >= 0.6 is 15.9 Å². The van der Waals surface area contributed by atoms with Crippen molar-refractivity contribution in [2.45, 2.75) is 85.6 Å². The van der Waals surface area contributed by atoms with E-state index < -0.39 is 6.10 Å². The molecule has 2 rings (SSSR count). The summed E-state index contributed by atoms with van der Waals surface area (Å²) in [4.78, 5) is 0. The van der Waals surface area contributed by atoms with E-state index in [9.17, 15) is 5.11 Å². The summed E-state index contributed by atoms with van der Waals surface area (Å²) in [6.07, 6.45) is 8.20. The molecule has 0 aromatic heterocycles. The highest BCUT2D eigenvalue weighted by Crippen LogP contribution is 2.40. The lowest BCUT2D eigenvalue weighted by atomic mass is 9.68. The van der Waals surface area contributed by atoms with Crippen LogP contribution in [0, 0.1) is 17.3 Å². The van der Waals surface area contributed by atoms with Gasteiger partial charge in [-0.3, -0.25) is 0 Å². The van der Waals surface area contributed by atoms with E-state index in [2.05, 4.69) is 56.5 Å². The highest BCUT2D eigenvalue weighted by molar-refractivity contribution is 9.10. The molecule has 0 aliphatic heterocycles. The second-order valence-electron chi connectivity index (χ2n) is 9.29. The van der Waals surface area contributed by atoms with Gasteiger partial charge in [0.05, 0.1) is 12.7 Å². The van der Waals surface area contributed by atoms with Crippen LogP contribution in [-0.2, 0) is 0 Å². The fourth-order valence-electron chi connectivity index (χ4n) is 4.52. The van der Waals surface area contributed by atoms with Gasteiger partial charge in [0, 0.05) is 9.89 Å². The summed E-state index contributed by atoms with van der Waals surface area (Å²) >= 11 is 3.66. The fraction of sp³-hybridized carbons (Fsp3) is 0.739. The third-order valence-electron chi connectivity index (χ3n) is 6.08. The van der Waals surface area contributed by atoms with E-state index in [0.717, 1.165) is 47.5 Å². The Kier molecular flexibility index (Phi) is 8.74. The second kappa shape index (κ2) is 10.3. The molecule has 27 heavy (non-hydrogen) atoms. The number of rotatable bonds is 11. The molecule has 1 N–H and O–H groups in total. The summed E-state index contributed by atoms with van der Waals surface area (Å²) < 4.78 is 7.43. The van der Waals surface area contributed by atoms with Crippen molar-refractivity contribution < 1.29 is 9.84 Å². The zero-order valence-corrected chi connectivity index (χ0v) is 19.6. The molecule has 1 aliphatic carbocycles. The molecule has 1 fully saturated rings. The van der Waals surface area contributed by atoms with Gasteiger partial charge in [0.1, 0.15) is 5.75 Å². The van der Waals surface area contributed by atoms with Crippen LogP contribution in [0.3, 0.4) is 0 Å². The summed E-state index contributed by atoms with van der Waals surface area (Å²) in [6.45, 7) is 11.9. The van der Waals surface area contributed by atoms with E-state index in [4.69, 9.17) is 4.74 Å². The maximum atomic E-state index is 10.8. The van der Waals surface area contributed by atoms with Gasteiger partial charge in [-0.1, -0.05) is 76.1 Å². The van der Waals surface area contributed by atoms with Gasteiger partial charge in [-0.05, 0) is 54.3 Å². The highest BCUT2D eigenvalue weighted by atomic mass is 79.9. The van der Waals surface area contributed by atoms with Gasteiger partial charge in [0.25, 0.3) is 0 Å².